The van der Waals surface area contributed by atoms with Gasteiger partial charge in [-0.1, -0.05) is 78.9 Å². The zero-order valence-electron chi connectivity index (χ0n) is 18.0. The van der Waals surface area contributed by atoms with Gasteiger partial charge in [0.25, 0.3) is 0 Å². The molecule has 3 heterocycles. The molecule has 0 fully saturated rings. The topological polar surface area (TPSA) is 51.8 Å². The Hall–Kier alpha value is -4.35. The molecule has 0 aliphatic heterocycles. The summed E-state index contributed by atoms with van der Waals surface area (Å²) in [6.45, 7) is 0. The van der Waals surface area contributed by atoms with Crippen molar-refractivity contribution in [3.63, 3.8) is 0 Å². The van der Waals surface area contributed by atoms with Gasteiger partial charge in [-0.15, -0.1) is 11.3 Å². The molecule has 0 amide bonds. The fraction of sp³-hybridized carbons (Fsp3) is 0. The van der Waals surface area contributed by atoms with E-state index in [0.29, 0.717) is 11.5 Å². The normalized spacial score (nSPS) is 11.5. The van der Waals surface area contributed by atoms with Crippen molar-refractivity contribution < 1.29 is 4.42 Å². The summed E-state index contributed by atoms with van der Waals surface area (Å²) >= 11 is 1.69. The molecule has 160 valence electrons. The second-order valence-electron chi connectivity index (χ2n) is 8.11. The zero-order valence-corrected chi connectivity index (χ0v) is 18.8. The third kappa shape index (κ3) is 3.10. The minimum Gasteiger partial charge on any atom is -0.438 e. The zero-order chi connectivity index (χ0) is 22.5. The molecule has 0 aliphatic rings. The lowest BCUT2D eigenvalue weighted by atomic mass is 10.1. The molecule has 0 radical (unpaired) electrons. The number of thiazole rings is 1. The first kappa shape index (κ1) is 19.1. The molecule has 0 aliphatic carbocycles. The van der Waals surface area contributed by atoms with Crippen LogP contribution in [0.4, 0.5) is 0 Å². The summed E-state index contributed by atoms with van der Waals surface area (Å²) in [6.07, 6.45) is 0. The Bertz CT molecular complexity index is 1790. The van der Waals surface area contributed by atoms with Crippen LogP contribution in [0.2, 0.25) is 0 Å². The van der Waals surface area contributed by atoms with Crippen LogP contribution in [0.5, 0.6) is 0 Å². The second-order valence-corrected chi connectivity index (χ2v) is 9.14. The summed E-state index contributed by atoms with van der Waals surface area (Å²) in [5.74, 6) is 0.633. The molecule has 7 aromatic rings. The van der Waals surface area contributed by atoms with Gasteiger partial charge < -0.3 is 4.42 Å². The molecule has 0 saturated carbocycles. The van der Waals surface area contributed by atoms with Crippen molar-refractivity contribution in [3.05, 3.63) is 103 Å². The maximum Gasteiger partial charge on any atom is 0.231 e. The Kier molecular flexibility index (Phi) is 4.29. The molecule has 0 bridgehead atoms. The monoisotopic (exact) mass is 455 g/mol. The smallest absolute Gasteiger partial charge is 0.231 e. The SMILES string of the molecule is c1ccc(-c2nc(-c3cccc(-c4nc5ccccc5s4)c3)nc3oc4ccccc4c23)cc1. The van der Waals surface area contributed by atoms with Gasteiger partial charge in [-0.2, -0.15) is 4.98 Å². The fourth-order valence-electron chi connectivity index (χ4n) is 4.34. The average Bonchev–Trinajstić information content (AvgIpc) is 3.50. The number of aromatic nitrogens is 3. The summed E-state index contributed by atoms with van der Waals surface area (Å²) < 4.78 is 7.35. The molecule has 3 aromatic heterocycles. The van der Waals surface area contributed by atoms with Crippen LogP contribution in [-0.4, -0.2) is 15.0 Å². The molecule has 4 aromatic carbocycles. The van der Waals surface area contributed by atoms with Crippen molar-refractivity contribution >= 4 is 43.6 Å². The van der Waals surface area contributed by atoms with Crippen molar-refractivity contribution in [1.82, 2.24) is 15.0 Å². The second kappa shape index (κ2) is 7.61. The molecule has 7 rings (SSSR count). The highest BCUT2D eigenvalue weighted by molar-refractivity contribution is 7.21. The molecule has 5 heteroatoms. The highest BCUT2D eigenvalue weighted by atomic mass is 32.1. The molecule has 0 unspecified atom stereocenters. The van der Waals surface area contributed by atoms with Gasteiger partial charge in [0.15, 0.2) is 5.82 Å². The van der Waals surface area contributed by atoms with E-state index in [2.05, 4.69) is 36.4 Å². The third-order valence-electron chi connectivity index (χ3n) is 5.95. The van der Waals surface area contributed by atoms with E-state index < -0.39 is 0 Å². The van der Waals surface area contributed by atoms with Gasteiger partial charge in [0.1, 0.15) is 10.6 Å². The van der Waals surface area contributed by atoms with Crippen LogP contribution in [0.15, 0.2) is 108 Å². The van der Waals surface area contributed by atoms with Gasteiger partial charge in [0.2, 0.25) is 5.71 Å². The number of rotatable bonds is 3. The highest BCUT2D eigenvalue weighted by Gasteiger charge is 2.18. The Balaban J connectivity index is 1.44. The van der Waals surface area contributed by atoms with Crippen LogP contribution in [0.25, 0.3) is 65.5 Å². The van der Waals surface area contributed by atoms with Crippen LogP contribution in [0, 0.1) is 0 Å². The van der Waals surface area contributed by atoms with Crippen molar-refractivity contribution in [2.45, 2.75) is 0 Å². The molecular formula is C29H17N3OS. The Morgan fingerprint density at radius 1 is 0.618 bits per heavy atom. The standard InChI is InChI=1S/C29H17N3OS/c1-2-9-18(10-3-1)26-25-21-13-4-6-15-23(21)33-28(25)32-27(31-26)19-11-8-12-20(17-19)29-30-22-14-5-7-16-24(22)34-29/h1-17H. The van der Waals surface area contributed by atoms with Crippen molar-refractivity contribution in [2.75, 3.05) is 0 Å². The van der Waals surface area contributed by atoms with Crippen molar-refractivity contribution in [3.8, 4) is 33.2 Å². The van der Waals surface area contributed by atoms with Gasteiger partial charge in [-0.3, -0.25) is 0 Å². The lowest BCUT2D eigenvalue weighted by Crippen LogP contribution is -1.94. The van der Waals surface area contributed by atoms with Gasteiger partial charge in [0, 0.05) is 22.1 Å². The molecule has 34 heavy (non-hydrogen) atoms. The first-order valence-electron chi connectivity index (χ1n) is 11.0. The number of benzene rings is 4. The summed E-state index contributed by atoms with van der Waals surface area (Å²) in [7, 11) is 0. The number of hydrogen-bond acceptors (Lipinski definition) is 5. The minimum atomic E-state index is 0.593. The van der Waals surface area contributed by atoms with E-state index in [1.807, 2.05) is 66.7 Å². The van der Waals surface area contributed by atoms with E-state index >= 15 is 0 Å². The van der Waals surface area contributed by atoms with Crippen LogP contribution in [-0.2, 0) is 0 Å². The Morgan fingerprint density at radius 2 is 1.38 bits per heavy atom. The molecule has 0 spiro atoms. The molecule has 0 N–H and O–H groups in total. The van der Waals surface area contributed by atoms with Gasteiger partial charge >= 0.3 is 0 Å². The van der Waals surface area contributed by atoms with Crippen LogP contribution in [0.1, 0.15) is 0 Å². The van der Waals surface area contributed by atoms with E-state index in [4.69, 9.17) is 19.4 Å². The number of nitrogens with zero attached hydrogens (tertiary/aromatic N) is 3. The van der Waals surface area contributed by atoms with Crippen LogP contribution < -0.4 is 0 Å². The average molecular weight is 456 g/mol. The van der Waals surface area contributed by atoms with Crippen molar-refractivity contribution in [2.24, 2.45) is 0 Å². The van der Waals surface area contributed by atoms with Gasteiger partial charge in [-0.25, -0.2) is 9.97 Å². The van der Waals surface area contributed by atoms with Gasteiger partial charge in [-0.05, 0) is 24.3 Å². The fourth-order valence-corrected chi connectivity index (χ4v) is 5.31. The largest absolute Gasteiger partial charge is 0.438 e. The summed E-state index contributed by atoms with van der Waals surface area (Å²) in [6, 6.07) is 34.7. The molecule has 0 saturated heterocycles. The quantitative estimate of drug-likeness (QED) is 0.271. The Labute approximate surface area is 199 Å². The summed E-state index contributed by atoms with van der Waals surface area (Å²) in [5.41, 5.74) is 6.30. The Morgan fingerprint density at radius 3 is 2.29 bits per heavy atom. The lowest BCUT2D eigenvalue weighted by molar-refractivity contribution is 0.653. The highest BCUT2D eigenvalue weighted by Crippen LogP contribution is 2.37. The summed E-state index contributed by atoms with van der Waals surface area (Å²) in [5, 5.41) is 2.94. The van der Waals surface area contributed by atoms with E-state index in [0.717, 1.165) is 49.3 Å². The van der Waals surface area contributed by atoms with E-state index in [1.165, 1.54) is 4.70 Å². The number of hydrogen-bond donors (Lipinski definition) is 0. The van der Waals surface area contributed by atoms with Crippen LogP contribution >= 0.6 is 11.3 Å². The van der Waals surface area contributed by atoms with Crippen LogP contribution in [0.3, 0.4) is 0 Å². The summed E-state index contributed by atoms with van der Waals surface area (Å²) in [4.78, 5) is 14.7. The van der Waals surface area contributed by atoms with E-state index in [9.17, 15) is 0 Å². The predicted molar refractivity (Wildman–Crippen MR) is 139 cm³/mol. The maximum absolute atomic E-state index is 6.17. The number of furan rings is 1. The first-order valence-corrected chi connectivity index (χ1v) is 11.9. The molecule has 4 nitrogen and oxygen atoms in total. The van der Waals surface area contributed by atoms with E-state index in [-0.39, 0.29) is 0 Å². The third-order valence-corrected chi connectivity index (χ3v) is 7.03. The molecular weight excluding hydrogens is 438 g/mol. The molecule has 0 atom stereocenters. The number of fused-ring (bicyclic) bond motifs is 4. The van der Waals surface area contributed by atoms with E-state index in [1.54, 1.807) is 11.3 Å². The maximum atomic E-state index is 6.17. The number of para-hydroxylation sites is 2. The lowest BCUT2D eigenvalue weighted by Gasteiger charge is -2.07. The van der Waals surface area contributed by atoms with Gasteiger partial charge in [0.05, 0.1) is 21.3 Å². The first-order chi connectivity index (χ1) is 16.8. The van der Waals surface area contributed by atoms with Crippen molar-refractivity contribution in [1.29, 1.82) is 0 Å². The minimum absolute atomic E-state index is 0.593. The predicted octanol–water partition coefficient (Wildman–Crippen LogP) is 7.99.